The van der Waals surface area contributed by atoms with Crippen LogP contribution in [0.2, 0.25) is 0 Å². The normalized spacial score (nSPS) is 15.0. The minimum Gasteiger partial charge on any atom is -0.354 e. The van der Waals surface area contributed by atoms with E-state index in [1.165, 1.54) is 33.3 Å². The fraction of sp³-hybridized carbons (Fsp3) is 0.308. The highest BCUT2D eigenvalue weighted by atomic mass is 15.3. The van der Waals surface area contributed by atoms with Crippen LogP contribution in [0.4, 0.5) is 5.82 Å². The predicted molar refractivity (Wildman–Crippen MR) is 129 cm³/mol. The van der Waals surface area contributed by atoms with Gasteiger partial charge in [-0.15, -0.1) is 0 Å². The molecule has 5 rings (SSSR count). The number of nitrogens with zero attached hydrogens (tertiary/aromatic N) is 4. The van der Waals surface area contributed by atoms with Crippen molar-refractivity contribution in [3.63, 3.8) is 0 Å². The van der Waals surface area contributed by atoms with Crippen molar-refractivity contribution in [3.05, 3.63) is 65.6 Å². The van der Waals surface area contributed by atoms with Gasteiger partial charge in [-0.1, -0.05) is 12.1 Å². The number of H-pyrrole nitrogens is 1. The lowest BCUT2D eigenvalue weighted by molar-refractivity contribution is 0.312. The first-order valence-corrected chi connectivity index (χ1v) is 11.0. The number of fused-ring (bicyclic) bond motifs is 1. The average Bonchev–Trinajstić information content (AvgIpc) is 3.10. The fourth-order valence-corrected chi connectivity index (χ4v) is 4.59. The SMILES string of the molecule is Cc1cc(-c2[nH]c3cc(-c4ccnc(N5CCN(C)CC5)c4)ccc3c2C)cc(C)n1. The molecule has 158 valence electrons. The fourth-order valence-electron chi connectivity index (χ4n) is 4.59. The highest BCUT2D eigenvalue weighted by Gasteiger charge is 2.16. The number of benzene rings is 1. The first kappa shape index (κ1) is 19.8. The number of rotatable bonds is 3. The van der Waals surface area contributed by atoms with Crippen molar-refractivity contribution in [2.24, 2.45) is 0 Å². The van der Waals surface area contributed by atoms with Gasteiger partial charge in [0, 0.05) is 65.9 Å². The maximum absolute atomic E-state index is 4.64. The minimum atomic E-state index is 1.02. The molecule has 4 aromatic rings. The molecule has 0 amide bonds. The molecular weight excluding hydrogens is 382 g/mol. The van der Waals surface area contributed by atoms with Crippen molar-refractivity contribution in [3.8, 4) is 22.4 Å². The molecule has 1 fully saturated rings. The van der Waals surface area contributed by atoms with Gasteiger partial charge in [0.25, 0.3) is 0 Å². The first-order chi connectivity index (χ1) is 15.0. The summed E-state index contributed by atoms with van der Waals surface area (Å²) in [5.41, 5.74) is 9.31. The van der Waals surface area contributed by atoms with Crippen molar-refractivity contribution < 1.29 is 0 Å². The molecule has 0 radical (unpaired) electrons. The van der Waals surface area contributed by atoms with Gasteiger partial charge in [0.2, 0.25) is 0 Å². The van der Waals surface area contributed by atoms with E-state index in [1.807, 2.05) is 20.0 Å². The Morgan fingerprint density at radius 1 is 0.806 bits per heavy atom. The van der Waals surface area contributed by atoms with Gasteiger partial charge in [-0.3, -0.25) is 4.98 Å². The number of anilines is 1. The van der Waals surface area contributed by atoms with Gasteiger partial charge in [-0.25, -0.2) is 4.98 Å². The molecule has 0 saturated carbocycles. The average molecular weight is 412 g/mol. The summed E-state index contributed by atoms with van der Waals surface area (Å²) in [6.45, 7) is 10.5. The van der Waals surface area contributed by atoms with Crippen molar-refractivity contribution in [2.75, 3.05) is 38.1 Å². The molecule has 1 aliphatic heterocycles. The molecule has 1 aliphatic rings. The highest BCUT2D eigenvalue weighted by molar-refractivity contribution is 5.93. The lowest BCUT2D eigenvalue weighted by Gasteiger charge is -2.33. The molecule has 31 heavy (non-hydrogen) atoms. The van der Waals surface area contributed by atoms with Gasteiger partial charge in [0.15, 0.2) is 0 Å². The zero-order valence-electron chi connectivity index (χ0n) is 18.7. The van der Waals surface area contributed by atoms with Crippen LogP contribution in [0.5, 0.6) is 0 Å². The zero-order valence-corrected chi connectivity index (χ0v) is 18.7. The van der Waals surface area contributed by atoms with E-state index < -0.39 is 0 Å². The molecule has 5 nitrogen and oxygen atoms in total. The second-order valence-corrected chi connectivity index (χ2v) is 8.72. The Labute approximate surface area is 183 Å². The Balaban J connectivity index is 1.51. The van der Waals surface area contributed by atoms with Crippen molar-refractivity contribution in [1.82, 2.24) is 19.9 Å². The van der Waals surface area contributed by atoms with E-state index in [4.69, 9.17) is 0 Å². The Hall–Kier alpha value is -3.18. The molecule has 3 aromatic heterocycles. The van der Waals surface area contributed by atoms with Crippen molar-refractivity contribution >= 4 is 16.7 Å². The minimum absolute atomic E-state index is 1.02. The van der Waals surface area contributed by atoms with E-state index in [2.05, 4.69) is 81.2 Å². The Morgan fingerprint density at radius 3 is 2.26 bits per heavy atom. The molecule has 0 spiro atoms. The quantitative estimate of drug-likeness (QED) is 0.517. The summed E-state index contributed by atoms with van der Waals surface area (Å²) in [4.78, 5) is 17.6. The molecule has 0 atom stereocenters. The molecule has 1 saturated heterocycles. The standard InChI is InChI=1S/C26H29N5/c1-17-13-22(14-18(2)28-17)26-19(3)23-6-5-20(15-24(23)29-26)21-7-8-27-25(16-21)31-11-9-30(4)10-12-31/h5-8,13-16,29H,9-12H2,1-4H3. The van der Waals surface area contributed by atoms with Gasteiger partial charge < -0.3 is 14.8 Å². The third-order valence-electron chi connectivity index (χ3n) is 6.33. The monoisotopic (exact) mass is 411 g/mol. The Kier molecular flexibility index (Phi) is 4.98. The van der Waals surface area contributed by atoms with Crippen LogP contribution in [0.1, 0.15) is 17.0 Å². The van der Waals surface area contributed by atoms with Crippen LogP contribution in [0.3, 0.4) is 0 Å². The summed E-state index contributed by atoms with van der Waals surface area (Å²) in [5, 5.41) is 1.26. The van der Waals surface area contributed by atoms with Crippen LogP contribution < -0.4 is 4.90 Å². The van der Waals surface area contributed by atoms with Gasteiger partial charge in [-0.2, -0.15) is 0 Å². The summed E-state index contributed by atoms with van der Waals surface area (Å²) in [5.74, 6) is 1.07. The largest absolute Gasteiger partial charge is 0.354 e. The number of hydrogen-bond donors (Lipinski definition) is 1. The van der Waals surface area contributed by atoms with Crippen LogP contribution in [-0.2, 0) is 0 Å². The second-order valence-electron chi connectivity index (χ2n) is 8.72. The van der Waals surface area contributed by atoms with Crippen LogP contribution in [0.25, 0.3) is 33.3 Å². The summed E-state index contributed by atoms with van der Waals surface area (Å²) in [7, 11) is 2.18. The van der Waals surface area contributed by atoms with E-state index in [1.54, 1.807) is 0 Å². The number of aromatic amines is 1. The second kappa shape index (κ2) is 7.82. The van der Waals surface area contributed by atoms with Gasteiger partial charge in [0.1, 0.15) is 5.82 Å². The van der Waals surface area contributed by atoms with E-state index in [9.17, 15) is 0 Å². The van der Waals surface area contributed by atoms with Gasteiger partial charge in [0.05, 0.1) is 0 Å². The molecular formula is C26H29N5. The molecule has 5 heteroatoms. The highest BCUT2D eigenvalue weighted by Crippen LogP contribution is 2.33. The lowest BCUT2D eigenvalue weighted by atomic mass is 10.0. The van der Waals surface area contributed by atoms with Crippen LogP contribution in [-0.4, -0.2) is 53.1 Å². The smallest absolute Gasteiger partial charge is 0.129 e. The number of aromatic nitrogens is 3. The lowest BCUT2D eigenvalue weighted by Crippen LogP contribution is -2.44. The van der Waals surface area contributed by atoms with Gasteiger partial charge in [-0.05, 0) is 74.8 Å². The summed E-state index contributed by atoms with van der Waals surface area (Å²) in [6.07, 6.45) is 1.93. The molecule has 4 heterocycles. The molecule has 1 aromatic carbocycles. The third kappa shape index (κ3) is 3.81. The number of aryl methyl sites for hydroxylation is 3. The number of hydrogen-bond acceptors (Lipinski definition) is 4. The summed E-state index contributed by atoms with van der Waals surface area (Å²) >= 11 is 0. The molecule has 0 bridgehead atoms. The molecule has 0 unspecified atom stereocenters. The maximum atomic E-state index is 4.64. The number of piperazine rings is 1. The van der Waals surface area contributed by atoms with Gasteiger partial charge >= 0.3 is 0 Å². The Morgan fingerprint density at radius 2 is 1.52 bits per heavy atom. The summed E-state index contributed by atoms with van der Waals surface area (Å²) in [6, 6.07) is 15.3. The van der Waals surface area contributed by atoms with Crippen molar-refractivity contribution in [1.29, 1.82) is 0 Å². The zero-order chi connectivity index (χ0) is 21.5. The van der Waals surface area contributed by atoms with Crippen LogP contribution >= 0.6 is 0 Å². The van der Waals surface area contributed by atoms with Crippen LogP contribution in [0, 0.1) is 20.8 Å². The Bertz CT molecular complexity index is 1230. The van der Waals surface area contributed by atoms with E-state index >= 15 is 0 Å². The number of pyridine rings is 2. The number of likely N-dealkylation sites (N-methyl/N-ethyl adjacent to an activating group) is 1. The maximum Gasteiger partial charge on any atom is 0.129 e. The van der Waals surface area contributed by atoms with E-state index in [-0.39, 0.29) is 0 Å². The third-order valence-corrected chi connectivity index (χ3v) is 6.33. The first-order valence-electron chi connectivity index (χ1n) is 11.0. The molecule has 0 aliphatic carbocycles. The van der Waals surface area contributed by atoms with Crippen molar-refractivity contribution in [2.45, 2.75) is 20.8 Å². The topological polar surface area (TPSA) is 48.1 Å². The van der Waals surface area contributed by atoms with E-state index in [0.717, 1.165) is 48.9 Å². The van der Waals surface area contributed by atoms with E-state index in [0.29, 0.717) is 0 Å². The van der Waals surface area contributed by atoms with Crippen LogP contribution in [0.15, 0.2) is 48.7 Å². The predicted octanol–water partition coefficient (Wildman–Crippen LogP) is 4.97. The number of nitrogens with one attached hydrogen (secondary N) is 1. The summed E-state index contributed by atoms with van der Waals surface area (Å²) < 4.78 is 0. The molecule has 1 N–H and O–H groups in total.